The number of hydrogen-bond acceptors (Lipinski definition) is 3. The Kier molecular flexibility index (Phi) is 6.56. The van der Waals surface area contributed by atoms with E-state index >= 15 is 0 Å². The van der Waals surface area contributed by atoms with Gasteiger partial charge in [0, 0.05) is 31.9 Å². The van der Waals surface area contributed by atoms with Gasteiger partial charge in [0.1, 0.15) is 5.82 Å². The normalized spacial score (nSPS) is 16.2. The third-order valence-corrected chi connectivity index (χ3v) is 5.98. The van der Waals surface area contributed by atoms with Crippen molar-refractivity contribution in [2.45, 2.75) is 26.2 Å². The van der Waals surface area contributed by atoms with Gasteiger partial charge in [-0.3, -0.25) is 0 Å². The fourth-order valence-electron chi connectivity index (χ4n) is 2.57. The molecule has 1 aliphatic heterocycles. The average molecular weight is 357 g/mol. The second kappa shape index (κ2) is 8.43. The summed E-state index contributed by atoms with van der Waals surface area (Å²) in [6.07, 6.45) is 2.55. The number of carbonyl (C=O) groups excluding carboxylic acids is 1. The molecule has 1 fully saturated rings. The van der Waals surface area contributed by atoms with Gasteiger partial charge in [-0.05, 0) is 30.7 Å². The van der Waals surface area contributed by atoms with E-state index in [4.69, 9.17) is 0 Å². The minimum Gasteiger partial charge on any atom is -0.322 e. The van der Waals surface area contributed by atoms with Crippen LogP contribution in [-0.4, -0.2) is 55.6 Å². The lowest BCUT2D eigenvalue weighted by Gasteiger charge is -2.34. The largest absolute Gasteiger partial charge is 0.322 e. The maximum atomic E-state index is 12.9. The lowest BCUT2D eigenvalue weighted by atomic mass is 10.3. The summed E-state index contributed by atoms with van der Waals surface area (Å²) in [6.45, 7) is 3.35. The fourth-order valence-corrected chi connectivity index (χ4v) is 4.12. The number of halogens is 1. The number of carbonyl (C=O) groups is 1. The van der Waals surface area contributed by atoms with Crippen LogP contribution >= 0.6 is 0 Å². The van der Waals surface area contributed by atoms with Crippen molar-refractivity contribution in [3.05, 3.63) is 30.1 Å². The van der Waals surface area contributed by atoms with Crippen LogP contribution in [0, 0.1) is 5.82 Å². The number of sulfonamides is 1. The molecule has 2 rings (SSSR count). The SMILES string of the molecule is CCCCCS(=O)(=O)N1CCN(C(=O)Nc2ccc(F)cc2)CC1. The van der Waals surface area contributed by atoms with Gasteiger partial charge in [-0.15, -0.1) is 0 Å². The maximum absolute atomic E-state index is 12.9. The molecule has 1 aliphatic rings. The van der Waals surface area contributed by atoms with Crippen LogP contribution in [0.15, 0.2) is 24.3 Å². The van der Waals surface area contributed by atoms with Gasteiger partial charge in [0.05, 0.1) is 5.75 Å². The first kappa shape index (κ1) is 18.7. The molecule has 6 nitrogen and oxygen atoms in total. The molecule has 0 bridgehead atoms. The van der Waals surface area contributed by atoms with Gasteiger partial charge in [-0.1, -0.05) is 19.8 Å². The first-order valence-corrected chi connectivity index (χ1v) is 9.82. The summed E-state index contributed by atoms with van der Waals surface area (Å²) in [5.74, 6) is -0.197. The highest BCUT2D eigenvalue weighted by Gasteiger charge is 2.28. The van der Waals surface area contributed by atoms with E-state index < -0.39 is 10.0 Å². The van der Waals surface area contributed by atoms with E-state index in [-0.39, 0.29) is 17.6 Å². The van der Waals surface area contributed by atoms with Gasteiger partial charge in [-0.25, -0.2) is 17.6 Å². The van der Waals surface area contributed by atoms with Crippen LogP contribution in [0.5, 0.6) is 0 Å². The van der Waals surface area contributed by atoms with Crippen molar-refractivity contribution in [1.29, 1.82) is 0 Å². The molecule has 0 saturated carbocycles. The van der Waals surface area contributed by atoms with Crippen molar-refractivity contribution in [3.63, 3.8) is 0 Å². The molecule has 0 radical (unpaired) electrons. The van der Waals surface area contributed by atoms with Crippen molar-refractivity contribution in [2.75, 3.05) is 37.2 Å². The van der Waals surface area contributed by atoms with Crippen molar-refractivity contribution < 1.29 is 17.6 Å². The second-order valence-electron chi connectivity index (χ2n) is 5.85. The molecule has 2 amide bonds. The average Bonchev–Trinajstić information content (AvgIpc) is 2.57. The number of hydrogen-bond donors (Lipinski definition) is 1. The smallest absolute Gasteiger partial charge is 0.321 e. The third kappa shape index (κ3) is 5.17. The van der Waals surface area contributed by atoms with Gasteiger partial charge < -0.3 is 10.2 Å². The van der Waals surface area contributed by atoms with Crippen LogP contribution in [0.1, 0.15) is 26.2 Å². The first-order valence-electron chi connectivity index (χ1n) is 8.21. The summed E-state index contributed by atoms with van der Waals surface area (Å²) in [7, 11) is -3.24. The third-order valence-electron chi connectivity index (χ3n) is 4.02. The topological polar surface area (TPSA) is 69.7 Å². The van der Waals surface area contributed by atoms with E-state index in [0.717, 1.165) is 12.8 Å². The Bertz CT molecular complexity index is 641. The second-order valence-corrected chi connectivity index (χ2v) is 7.93. The van der Waals surface area contributed by atoms with Crippen molar-refractivity contribution in [2.24, 2.45) is 0 Å². The number of nitrogens with zero attached hydrogens (tertiary/aromatic N) is 2. The maximum Gasteiger partial charge on any atom is 0.321 e. The van der Waals surface area contributed by atoms with Crippen LogP contribution in [0.4, 0.5) is 14.9 Å². The van der Waals surface area contributed by atoms with Gasteiger partial charge in [0.15, 0.2) is 0 Å². The summed E-state index contributed by atoms with van der Waals surface area (Å²) < 4.78 is 38.8. The van der Waals surface area contributed by atoms with Gasteiger partial charge in [-0.2, -0.15) is 4.31 Å². The molecule has 8 heteroatoms. The number of anilines is 1. The predicted octanol–water partition coefficient (Wildman–Crippen LogP) is 2.50. The summed E-state index contributed by atoms with van der Waals surface area (Å²) in [6, 6.07) is 5.22. The lowest BCUT2D eigenvalue weighted by molar-refractivity contribution is 0.184. The Morgan fingerprint density at radius 3 is 2.33 bits per heavy atom. The van der Waals surface area contributed by atoms with E-state index in [1.165, 1.54) is 28.6 Å². The van der Waals surface area contributed by atoms with E-state index in [1.807, 2.05) is 6.92 Å². The zero-order chi connectivity index (χ0) is 17.6. The summed E-state index contributed by atoms with van der Waals surface area (Å²) in [5, 5.41) is 2.69. The molecule has 1 heterocycles. The van der Waals surface area contributed by atoms with Gasteiger partial charge >= 0.3 is 6.03 Å². The molecule has 0 unspecified atom stereocenters. The van der Waals surface area contributed by atoms with E-state index in [2.05, 4.69) is 5.32 Å². The minimum absolute atomic E-state index is 0.169. The number of unbranched alkanes of at least 4 members (excludes halogenated alkanes) is 2. The molecule has 1 saturated heterocycles. The molecule has 1 aromatic carbocycles. The van der Waals surface area contributed by atoms with Crippen LogP contribution in [-0.2, 0) is 10.0 Å². The molecule has 0 atom stereocenters. The van der Waals surface area contributed by atoms with Gasteiger partial charge in [0.2, 0.25) is 10.0 Å². The standard InChI is InChI=1S/C16H24FN3O3S/c1-2-3-4-13-24(22,23)20-11-9-19(10-12-20)16(21)18-15-7-5-14(17)6-8-15/h5-8H,2-4,9-13H2,1H3,(H,18,21). The highest BCUT2D eigenvalue weighted by Crippen LogP contribution is 2.13. The van der Waals surface area contributed by atoms with E-state index in [9.17, 15) is 17.6 Å². The Balaban J connectivity index is 1.83. The number of nitrogens with one attached hydrogen (secondary N) is 1. The molecular formula is C16H24FN3O3S. The minimum atomic E-state index is -3.24. The lowest BCUT2D eigenvalue weighted by Crippen LogP contribution is -2.52. The number of rotatable bonds is 6. The Hall–Kier alpha value is -1.67. The summed E-state index contributed by atoms with van der Waals surface area (Å²) in [5.41, 5.74) is 0.510. The zero-order valence-electron chi connectivity index (χ0n) is 13.9. The Morgan fingerprint density at radius 2 is 1.75 bits per heavy atom. The Labute approximate surface area is 142 Å². The number of piperazine rings is 1. The van der Waals surface area contributed by atoms with Crippen LogP contribution in [0.2, 0.25) is 0 Å². The molecule has 1 N–H and O–H groups in total. The fraction of sp³-hybridized carbons (Fsp3) is 0.562. The summed E-state index contributed by atoms with van der Waals surface area (Å²) >= 11 is 0. The van der Waals surface area contributed by atoms with Crippen LogP contribution in [0.3, 0.4) is 0 Å². The number of benzene rings is 1. The molecule has 0 spiro atoms. The monoisotopic (exact) mass is 357 g/mol. The van der Waals surface area contributed by atoms with Gasteiger partial charge in [0.25, 0.3) is 0 Å². The van der Waals surface area contributed by atoms with Crippen LogP contribution in [0.25, 0.3) is 0 Å². The van der Waals surface area contributed by atoms with E-state index in [1.54, 1.807) is 4.90 Å². The highest BCUT2D eigenvalue weighted by molar-refractivity contribution is 7.89. The van der Waals surface area contributed by atoms with Crippen molar-refractivity contribution in [1.82, 2.24) is 9.21 Å². The quantitative estimate of drug-likeness (QED) is 0.795. The molecular weight excluding hydrogens is 333 g/mol. The van der Waals surface area contributed by atoms with Crippen molar-refractivity contribution >= 4 is 21.7 Å². The molecule has 1 aromatic rings. The summed E-state index contributed by atoms with van der Waals surface area (Å²) in [4.78, 5) is 13.7. The Morgan fingerprint density at radius 1 is 1.12 bits per heavy atom. The number of amides is 2. The van der Waals surface area contributed by atoms with E-state index in [0.29, 0.717) is 38.3 Å². The molecule has 24 heavy (non-hydrogen) atoms. The molecule has 134 valence electrons. The van der Waals surface area contributed by atoms with Crippen molar-refractivity contribution in [3.8, 4) is 0 Å². The molecule has 0 aromatic heterocycles. The number of urea groups is 1. The predicted molar refractivity (Wildman–Crippen MR) is 91.9 cm³/mol. The molecule has 0 aliphatic carbocycles. The van der Waals surface area contributed by atoms with Crippen LogP contribution < -0.4 is 5.32 Å². The highest BCUT2D eigenvalue weighted by atomic mass is 32.2. The zero-order valence-corrected chi connectivity index (χ0v) is 14.7. The first-order chi connectivity index (χ1) is 11.4.